The molecule has 92 valence electrons. The van der Waals surface area contributed by atoms with Crippen molar-refractivity contribution in [1.82, 2.24) is 0 Å². The third-order valence-electron chi connectivity index (χ3n) is 2.72. The average molecular weight is 252 g/mol. The molecule has 0 saturated heterocycles. The van der Waals surface area contributed by atoms with Crippen LogP contribution in [0.15, 0.2) is 18.2 Å². The van der Waals surface area contributed by atoms with E-state index in [9.17, 15) is 4.79 Å². The van der Waals surface area contributed by atoms with Crippen molar-refractivity contribution in [2.75, 3.05) is 11.5 Å². The molecule has 0 spiro atoms. The molecule has 0 fully saturated rings. The Bertz CT molecular complexity index is 417. The van der Waals surface area contributed by atoms with Crippen molar-refractivity contribution in [2.45, 2.75) is 25.9 Å². The fourth-order valence-corrected chi connectivity index (χ4v) is 2.85. The van der Waals surface area contributed by atoms with Crippen molar-refractivity contribution >= 4 is 17.7 Å². The molecule has 1 aromatic rings. The zero-order valence-electron chi connectivity index (χ0n) is 9.81. The minimum Gasteiger partial charge on any atom is -0.489 e. The number of benzene rings is 1. The number of rotatable bonds is 5. The van der Waals surface area contributed by atoms with Crippen LogP contribution in [0.2, 0.25) is 0 Å². The Morgan fingerprint density at radius 1 is 1.59 bits per heavy atom. The van der Waals surface area contributed by atoms with Crippen LogP contribution in [0, 0.1) is 6.92 Å². The van der Waals surface area contributed by atoms with E-state index >= 15 is 0 Å². The fraction of sp³-hybridized carbons (Fsp3) is 0.462. The summed E-state index contributed by atoms with van der Waals surface area (Å²) in [7, 11) is 0. The Morgan fingerprint density at radius 2 is 2.41 bits per heavy atom. The van der Waals surface area contributed by atoms with Crippen molar-refractivity contribution in [3.8, 4) is 5.75 Å². The summed E-state index contributed by atoms with van der Waals surface area (Å²) in [6, 6.07) is 6.24. The summed E-state index contributed by atoms with van der Waals surface area (Å²) in [5.41, 5.74) is 2.53. The first-order valence-electron chi connectivity index (χ1n) is 5.71. The lowest BCUT2D eigenvalue weighted by molar-refractivity contribution is -0.136. The third kappa shape index (κ3) is 3.40. The highest BCUT2D eigenvalue weighted by molar-refractivity contribution is 7.99. The van der Waals surface area contributed by atoms with Gasteiger partial charge in [-0.25, -0.2) is 0 Å². The van der Waals surface area contributed by atoms with Crippen molar-refractivity contribution in [2.24, 2.45) is 0 Å². The van der Waals surface area contributed by atoms with Crippen LogP contribution in [0.3, 0.4) is 0 Å². The molecule has 1 unspecified atom stereocenters. The summed E-state index contributed by atoms with van der Waals surface area (Å²) in [5, 5.41) is 8.53. The Labute approximate surface area is 105 Å². The number of carboxylic acid groups (broad SMARTS) is 1. The van der Waals surface area contributed by atoms with Crippen molar-refractivity contribution in [3.63, 3.8) is 0 Å². The molecule has 1 heterocycles. The van der Waals surface area contributed by atoms with Gasteiger partial charge in [0.05, 0.1) is 6.42 Å². The number of aryl methyl sites for hydroxylation is 1. The molecule has 1 N–H and O–H groups in total. The predicted molar refractivity (Wildman–Crippen MR) is 68.9 cm³/mol. The van der Waals surface area contributed by atoms with E-state index in [1.165, 1.54) is 11.1 Å². The molecule has 0 aliphatic carbocycles. The maximum absolute atomic E-state index is 10.4. The summed E-state index contributed by atoms with van der Waals surface area (Å²) >= 11 is 1.65. The Kier molecular flexibility index (Phi) is 3.94. The second-order valence-electron chi connectivity index (χ2n) is 4.27. The fourth-order valence-electron chi connectivity index (χ4n) is 1.92. The van der Waals surface area contributed by atoms with Gasteiger partial charge < -0.3 is 9.84 Å². The van der Waals surface area contributed by atoms with Gasteiger partial charge in [-0.1, -0.05) is 17.7 Å². The van der Waals surface area contributed by atoms with E-state index in [4.69, 9.17) is 9.84 Å². The molecular formula is C13H16O3S. The summed E-state index contributed by atoms with van der Waals surface area (Å²) in [6.45, 7) is 2.08. The van der Waals surface area contributed by atoms with Gasteiger partial charge in [0.25, 0.3) is 0 Å². The molecule has 0 saturated carbocycles. The average Bonchev–Trinajstić information content (AvgIpc) is 2.66. The monoisotopic (exact) mass is 252 g/mol. The quantitative estimate of drug-likeness (QED) is 0.818. The van der Waals surface area contributed by atoms with Gasteiger partial charge in [0.1, 0.15) is 11.9 Å². The van der Waals surface area contributed by atoms with Crippen LogP contribution in [0.5, 0.6) is 5.75 Å². The second-order valence-corrected chi connectivity index (χ2v) is 5.42. The Hall–Kier alpha value is -1.16. The summed E-state index contributed by atoms with van der Waals surface area (Å²) < 4.78 is 5.80. The first-order chi connectivity index (χ1) is 8.15. The summed E-state index contributed by atoms with van der Waals surface area (Å²) in [6.07, 6.45) is 1.37. The molecule has 1 aliphatic heterocycles. The van der Waals surface area contributed by atoms with E-state index in [-0.39, 0.29) is 12.5 Å². The minimum atomic E-state index is -0.733. The van der Waals surface area contributed by atoms with Crippen molar-refractivity contribution < 1.29 is 14.6 Å². The molecule has 1 aromatic carbocycles. The van der Waals surface area contributed by atoms with E-state index in [0.717, 1.165) is 17.9 Å². The van der Waals surface area contributed by atoms with Crippen LogP contribution in [0.25, 0.3) is 0 Å². The second kappa shape index (κ2) is 5.45. The lowest BCUT2D eigenvalue weighted by atomic mass is 10.1. The summed E-state index contributed by atoms with van der Waals surface area (Å²) in [5.74, 6) is 1.77. The number of fused-ring (bicyclic) bond motifs is 1. The van der Waals surface area contributed by atoms with E-state index in [2.05, 4.69) is 19.1 Å². The van der Waals surface area contributed by atoms with Gasteiger partial charge >= 0.3 is 5.97 Å². The highest BCUT2D eigenvalue weighted by Crippen LogP contribution is 2.30. The SMILES string of the molecule is Cc1ccc2c(c1)CC(CSCCC(=O)O)O2. The van der Waals surface area contributed by atoms with E-state index < -0.39 is 5.97 Å². The van der Waals surface area contributed by atoms with Crippen molar-refractivity contribution in [3.05, 3.63) is 29.3 Å². The zero-order valence-corrected chi connectivity index (χ0v) is 10.6. The van der Waals surface area contributed by atoms with Gasteiger partial charge in [0, 0.05) is 17.9 Å². The minimum absolute atomic E-state index is 0.200. The molecule has 4 heteroatoms. The normalized spacial score (nSPS) is 17.6. The Morgan fingerprint density at radius 3 is 3.18 bits per heavy atom. The topological polar surface area (TPSA) is 46.5 Å². The number of carbonyl (C=O) groups is 1. The lowest BCUT2D eigenvalue weighted by Crippen LogP contribution is -2.16. The Balaban J connectivity index is 1.78. The molecule has 0 aromatic heterocycles. The first-order valence-corrected chi connectivity index (χ1v) is 6.86. The zero-order chi connectivity index (χ0) is 12.3. The molecule has 17 heavy (non-hydrogen) atoms. The van der Waals surface area contributed by atoms with Crippen LogP contribution >= 0.6 is 11.8 Å². The number of hydrogen-bond acceptors (Lipinski definition) is 3. The summed E-state index contributed by atoms with van der Waals surface area (Å²) in [4.78, 5) is 10.4. The van der Waals surface area contributed by atoms with E-state index in [1.54, 1.807) is 11.8 Å². The van der Waals surface area contributed by atoms with Crippen LogP contribution in [0.1, 0.15) is 17.5 Å². The van der Waals surface area contributed by atoms with Crippen molar-refractivity contribution in [1.29, 1.82) is 0 Å². The maximum atomic E-state index is 10.4. The number of aliphatic carboxylic acids is 1. The number of thioether (sulfide) groups is 1. The van der Waals surface area contributed by atoms with E-state index in [0.29, 0.717) is 5.75 Å². The lowest BCUT2D eigenvalue weighted by Gasteiger charge is -2.09. The highest BCUT2D eigenvalue weighted by atomic mass is 32.2. The van der Waals surface area contributed by atoms with E-state index in [1.807, 2.05) is 6.07 Å². The molecule has 0 radical (unpaired) electrons. The smallest absolute Gasteiger partial charge is 0.304 e. The van der Waals surface area contributed by atoms with Crippen LogP contribution in [-0.4, -0.2) is 28.7 Å². The third-order valence-corrected chi connectivity index (χ3v) is 3.82. The molecule has 1 aliphatic rings. The van der Waals surface area contributed by atoms with Crippen LogP contribution in [-0.2, 0) is 11.2 Å². The van der Waals surface area contributed by atoms with Gasteiger partial charge in [0.15, 0.2) is 0 Å². The van der Waals surface area contributed by atoms with Crippen LogP contribution < -0.4 is 4.74 Å². The first kappa shape index (κ1) is 12.3. The molecule has 0 bridgehead atoms. The van der Waals surface area contributed by atoms with Gasteiger partial charge in [-0.15, -0.1) is 0 Å². The highest BCUT2D eigenvalue weighted by Gasteiger charge is 2.22. The largest absolute Gasteiger partial charge is 0.489 e. The molecule has 0 amide bonds. The number of carboxylic acids is 1. The van der Waals surface area contributed by atoms with Gasteiger partial charge in [0.2, 0.25) is 0 Å². The number of hydrogen-bond donors (Lipinski definition) is 1. The van der Waals surface area contributed by atoms with Gasteiger partial charge in [-0.3, -0.25) is 4.79 Å². The molecule has 2 rings (SSSR count). The molecule has 1 atom stereocenters. The number of ether oxygens (including phenoxy) is 1. The standard InChI is InChI=1S/C13H16O3S/c1-9-2-3-12-10(6-9)7-11(16-12)8-17-5-4-13(14)15/h2-3,6,11H,4-5,7-8H2,1H3,(H,14,15). The predicted octanol–water partition coefficient (Wildman–Crippen LogP) is 2.51. The van der Waals surface area contributed by atoms with Gasteiger partial charge in [-0.2, -0.15) is 11.8 Å². The van der Waals surface area contributed by atoms with Crippen LogP contribution in [0.4, 0.5) is 0 Å². The van der Waals surface area contributed by atoms with Gasteiger partial charge in [-0.05, 0) is 18.6 Å². The molecule has 3 nitrogen and oxygen atoms in total. The molecular weight excluding hydrogens is 236 g/mol. The maximum Gasteiger partial charge on any atom is 0.304 e.